The van der Waals surface area contributed by atoms with Crippen LogP contribution in [0.1, 0.15) is 30.0 Å². The van der Waals surface area contributed by atoms with Gasteiger partial charge in [0.05, 0.1) is 5.56 Å². The van der Waals surface area contributed by atoms with Crippen LogP contribution in [0.3, 0.4) is 0 Å². The maximum absolute atomic E-state index is 12.8. The zero-order chi connectivity index (χ0) is 24.3. The molecule has 1 aromatic heterocycles. The van der Waals surface area contributed by atoms with E-state index < -0.39 is 11.7 Å². The predicted molar refractivity (Wildman–Crippen MR) is 125 cm³/mol. The van der Waals surface area contributed by atoms with Gasteiger partial charge in [0.15, 0.2) is 0 Å². The largest absolute Gasteiger partial charge is 0.416 e. The molecule has 1 amide bonds. The molecule has 4 rings (SSSR count). The van der Waals surface area contributed by atoms with Gasteiger partial charge >= 0.3 is 6.18 Å². The second kappa shape index (κ2) is 9.50. The Morgan fingerprint density at radius 1 is 1.06 bits per heavy atom. The topological polar surface area (TPSA) is 83.0 Å². The molecule has 0 fully saturated rings. The van der Waals surface area contributed by atoms with E-state index in [2.05, 4.69) is 25.6 Å². The van der Waals surface area contributed by atoms with Crippen molar-refractivity contribution in [3.05, 3.63) is 71.6 Å². The average Bonchev–Trinajstić information content (AvgIpc) is 2.81. The number of hydrogen-bond donors (Lipinski definition) is 2. The van der Waals surface area contributed by atoms with Crippen LogP contribution < -0.4 is 15.5 Å². The molecule has 7 nitrogen and oxygen atoms in total. The van der Waals surface area contributed by atoms with Crippen molar-refractivity contribution in [2.75, 3.05) is 28.6 Å². The van der Waals surface area contributed by atoms with Crippen molar-refractivity contribution in [2.24, 2.45) is 0 Å². The Kier molecular flexibility index (Phi) is 6.49. The number of carbonyl (C=O) groups excluding carboxylic acids is 1. The summed E-state index contributed by atoms with van der Waals surface area (Å²) in [6, 6.07) is 10.7. The summed E-state index contributed by atoms with van der Waals surface area (Å²) >= 11 is 0. The van der Waals surface area contributed by atoms with Gasteiger partial charge in [0.2, 0.25) is 17.8 Å². The lowest BCUT2D eigenvalue weighted by atomic mass is 9.98. The number of aromatic nitrogens is 3. The molecule has 0 spiro atoms. The average molecular weight is 468 g/mol. The number of halogens is 3. The lowest BCUT2D eigenvalue weighted by Gasteiger charge is -2.26. The lowest BCUT2D eigenvalue weighted by Crippen LogP contribution is -2.30. The summed E-state index contributed by atoms with van der Waals surface area (Å²) in [4.78, 5) is 26.4. The lowest BCUT2D eigenvalue weighted by molar-refractivity contribution is -0.137. The van der Waals surface area contributed by atoms with Crippen LogP contribution in [0.2, 0.25) is 0 Å². The number of amides is 1. The molecule has 34 heavy (non-hydrogen) atoms. The molecule has 0 radical (unpaired) electrons. The molecule has 1 aliphatic heterocycles. The summed E-state index contributed by atoms with van der Waals surface area (Å²) in [6.45, 7) is 4.48. The highest BCUT2D eigenvalue weighted by atomic mass is 19.4. The molecule has 0 saturated heterocycles. The number of anilines is 4. The van der Waals surface area contributed by atoms with Crippen LogP contribution in [0.25, 0.3) is 5.57 Å². The van der Waals surface area contributed by atoms with Crippen molar-refractivity contribution in [1.29, 1.82) is 0 Å². The Hall–Kier alpha value is -3.95. The van der Waals surface area contributed by atoms with Crippen molar-refractivity contribution in [3.8, 4) is 0 Å². The third kappa shape index (κ3) is 5.33. The Labute approximate surface area is 194 Å². The first-order valence-corrected chi connectivity index (χ1v) is 10.7. The van der Waals surface area contributed by atoms with E-state index in [1.54, 1.807) is 0 Å². The summed E-state index contributed by atoms with van der Waals surface area (Å²) in [5.74, 6) is 0.706. The van der Waals surface area contributed by atoms with Crippen LogP contribution in [0.15, 0.2) is 54.9 Å². The number of carbonyl (C=O) groups is 1. The fourth-order valence-corrected chi connectivity index (χ4v) is 3.70. The number of rotatable bonds is 5. The van der Waals surface area contributed by atoms with Gasteiger partial charge in [0.1, 0.15) is 6.33 Å². The van der Waals surface area contributed by atoms with Crippen LogP contribution in [0.5, 0.6) is 0 Å². The Balaban J connectivity index is 1.46. The number of hydrogen-bond acceptors (Lipinski definition) is 6. The second-order valence-corrected chi connectivity index (χ2v) is 7.89. The van der Waals surface area contributed by atoms with E-state index in [4.69, 9.17) is 0 Å². The first-order chi connectivity index (χ1) is 16.2. The zero-order valence-corrected chi connectivity index (χ0v) is 18.6. The van der Waals surface area contributed by atoms with E-state index in [0.717, 1.165) is 34.5 Å². The summed E-state index contributed by atoms with van der Waals surface area (Å²) in [5, 5.41) is 5.96. The molecule has 0 bridgehead atoms. The van der Waals surface area contributed by atoms with E-state index in [1.807, 2.05) is 36.1 Å². The van der Waals surface area contributed by atoms with Crippen LogP contribution >= 0.6 is 0 Å². The predicted octanol–water partition coefficient (Wildman–Crippen LogP) is 5.19. The highest BCUT2D eigenvalue weighted by molar-refractivity contribution is 5.90. The summed E-state index contributed by atoms with van der Waals surface area (Å²) in [5.41, 5.74) is 3.41. The van der Waals surface area contributed by atoms with Gasteiger partial charge in [-0.05, 0) is 54.3 Å². The molecule has 2 N–H and O–H groups in total. The van der Waals surface area contributed by atoms with E-state index in [1.165, 1.54) is 25.4 Å². The normalized spacial score (nSPS) is 13.9. The van der Waals surface area contributed by atoms with Gasteiger partial charge < -0.3 is 15.5 Å². The van der Waals surface area contributed by atoms with Gasteiger partial charge in [-0.3, -0.25) is 4.79 Å². The number of nitrogens with one attached hydrogen (secondary N) is 2. The maximum Gasteiger partial charge on any atom is 0.416 e. The first kappa shape index (κ1) is 23.2. The van der Waals surface area contributed by atoms with E-state index in [9.17, 15) is 18.0 Å². The molecule has 176 valence electrons. The van der Waals surface area contributed by atoms with E-state index >= 15 is 0 Å². The minimum atomic E-state index is -4.34. The third-order valence-corrected chi connectivity index (χ3v) is 5.53. The Morgan fingerprint density at radius 3 is 2.44 bits per heavy atom. The van der Waals surface area contributed by atoms with Crippen LogP contribution in [0, 0.1) is 6.92 Å². The molecule has 0 saturated carbocycles. The van der Waals surface area contributed by atoms with Crippen LogP contribution in [0.4, 0.5) is 36.4 Å². The standard InChI is InChI=1S/C24H23F3N6O/c1-15-20(30-16(2)34)4-3-5-21(15)31-22-28-14-29-23(32-22)33-12-10-18(11-13-33)17-6-8-19(9-7-17)24(25,26)27/h3-10,14H,11-13H2,1-2H3,(H,30,34)(H,28,29,31,32). The van der Waals surface area contributed by atoms with Crippen molar-refractivity contribution in [3.63, 3.8) is 0 Å². The zero-order valence-electron chi connectivity index (χ0n) is 18.6. The maximum atomic E-state index is 12.8. The minimum Gasteiger partial charge on any atom is -0.337 e. The molecule has 2 aromatic carbocycles. The van der Waals surface area contributed by atoms with Crippen molar-refractivity contribution >= 4 is 34.8 Å². The highest BCUT2D eigenvalue weighted by Crippen LogP contribution is 2.31. The quantitative estimate of drug-likeness (QED) is 0.536. The van der Waals surface area contributed by atoms with Gasteiger partial charge in [-0.2, -0.15) is 18.2 Å². The molecule has 1 aliphatic rings. The van der Waals surface area contributed by atoms with Gasteiger partial charge in [0, 0.05) is 31.4 Å². The first-order valence-electron chi connectivity index (χ1n) is 10.7. The minimum absolute atomic E-state index is 0.156. The SMILES string of the molecule is CC(=O)Nc1cccc(Nc2ncnc(N3CC=C(c4ccc(C(F)(F)F)cc4)CC3)n2)c1C. The molecule has 10 heteroatoms. The van der Waals surface area contributed by atoms with Crippen LogP contribution in [-0.2, 0) is 11.0 Å². The molecule has 3 aromatic rings. The van der Waals surface area contributed by atoms with Gasteiger partial charge in [-0.25, -0.2) is 9.97 Å². The molecular formula is C24H23F3N6O. The number of alkyl halides is 3. The van der Waals surface area contributed by atoms with E-state index in [-0.39, 0.29) is 5.91 Å². The van der Waals surface area contributed by atoms with Gasteiger partial charge in [-0.15, -0.1) is 0 Å². The molecular weight excluding hydrogens is 445 g/mol. The smallest absolute Gasteiger partial charge is 0.337 e. The van der Waals surface area contributed by atoms with Crippen molar-refractivity contribution < 1.29 is 18.0 Å². The Bertz CT molecular complexity index is 1220. The molecule has 2 heterocycles. The van der Waals surface area contributed by atoms with Crippen LogP contribution in [-0.4, -0.2) is 33.9 Å². The molecule has 0 aliphatic carbocycles. The summed E-state index contributed by atoms with van der Waals surface area (Å²) < 4.78 is 38.4. The second-order valence-electron chi connectivity index (χ2n) is 7.89. The molecule has 0 unspecified atom stereocenters. The van der Waals surface area contributed by atoms with Crippen molar-refractivity contribution in [2.45, 2.75) is 26.4 Å². The van der Waals surface area contributed by atoms with Gasteiger partial charge in [-0.1, -0.05) is 24.3 Å². The highest BCUT2D eigenvalue weighted by Gasteiger charge is 2.30. The van der Waals surface area contributed by atoms with E-state index in [0.29, 0.717) is 37.1 Å². The third-order valence-electron chi connectivity index (χ3n) is 5.53. The summed E-state index contributed by atoms with van der Waals surface area (Å²) in [6.07, 6.45) is -0.293. The fourth-order valence-electron chi connectivity index (χ4n) is 3.70. The number of benzene rings is 2. The summed E-state index contributed by atoms with van der Waals surface area (Å²) in [7, 11) is 0. The number of nitrogens with zero attached hydrogens (tertiary/aromatic N) is 4. The fraction of sp³-hybridized carbons (Fsp3) is 0.250. The van der Waals surface area contributed by atoms with Gasteiger partial charge in [0.25, 0.3) is 0 Å². The molecule has 0 atom stereocenters. The Morgan fingerprint density at radius 2 is 1.79 bits per heavy atom. The van der Waals surface area contributed by atoms with Crippen molar-refractivity contribution in [1.82, 2.24) is 15.0 Å². The monoisotopic (exact) mass is 468 g/mol.